The maximum absolute atomic E-state index is 13.5. The Morgan fingerprint density at radius 2 is 1.71 bits per heavy atom. The number of nitrogens with two attached hydrogens (primary N) is 2. The number of nitrogens with one attached hydrogen (secondary N) is 1. The van der Waals surface area contributed by atoms with Crippen molar-refractivity contribution in [2.75, 3.05) is 24.7 Å². The molecule has 0 aromatic carbocycles. The van der Waals surface area contributed by atoms with Crippen molar-refractivity contribution in [2.24, 2.45) is 0 Å². The Morgan fingerprint density at radius 3 is 2.48 bits per heavy atom. The molecule has 4 aromatic heterocycles. The molecule has 21 heteroatoms. The van der Waals surface area contributed by atoms with Crippen molar-refractivity contribution >= 4 is 53.9 Å². The van der Waals surface area contributed by atoms with E-state index in [4.69, 9.17) is 37.7 Å². The fourth-order valence-corrected chi connectivity index (χ4v) is 7.15. The van der Waals surface area contributed by atoms with Gasteiger partial charge in [0.25, 0.3) is 0 Å². The molecule has 2 aliphatic heterocycles. The Hall–Kier alpha value is -3.17. The fourth-order valence-electron chi connectivity index (χ4n) is 5.25. The number of H-pyrrole nitrogens is 1. The van der Waals surface area contributed by atoms with Crippen LogP contribution < -0.4 is 11.5 Å². The first-order chi connectivity index (χ1) is 20.0. The molecular formula is C21H27N10O9PS. The number of aliphatic hydroxyl groups is 4. The van der Waals surface area contributed by atoms with Crippen molar-refractivity contribution in [3.8, 4) is 0 Å². The Bertz CT molecular complexity index is 1730. The standard InChI is InChI=1S/C21H27N10O9PS/c22-15-9-16(25-4-24-15)30(5-26-9)19-13(35)11(33)7(39-19)1-2-38-41(36,37)14-12(34)8(3-32)40-20(14)31-6-27-10-17(31)28-21(23)29-18(10)42/h4-8,11-14,19-20,32-35H,1-3H2,(H,36,37)(H2,22,24,25)(H3,23,28,29,42)/t7-,8-,11-,12-,13-,14-,19-,20-/m1/s1. The summed E-state index contributed by atoms with van der Waals surface area (Å²) in [7, 11) is -4.71. The molecule has 0 aliphatic carbocycles. The number of fused-ring (bicyclic) bond motifs is 2. The molecule has 42 heavy (non-hydrogen) atoms. The lowest BCUT2D eigenvalue weighted by atomic mass is 10.1. The van der Waals surface area contributed by atoms with E-state index in [9.17, 15) is 29.9 Å². The van der Waals surface area contributed by atoms with Gasteiger partial charge >= 0.3 is 7.60 Å². The van der Waals surface area contributed by atoms with E-state index >= 15 is 0 Å². The predicted molar refractivity (Wildman–Crippen MR) is 144 cm³/mol. The van der Waals surface area contributed by atoms with Crippen molar-refractivity contribution in [1.82, 2.24) is 39.0 Å². The topological polar surface area (TPSA) is 288 Å². The average Bonchev–Trinajstić information content (AvgIpc) is 3.70. The van der Waals surface area contributed by atoms with E-state index in [-0.39, 0.29) is 45.2 Å². The SMILES string of the molecule is Nc1nc(=S)c2ncn([C@@H]3O[C@H](CO)[C@@H](O)[C@H]3P(=O)(O)OCC[C@H]3O[C@@H](n4cnc5c(N)ncnc54)[C@H](O)[C@@H]3O)c2[nH]1. The number of imidazole rings is 2. The molecule has 9 atom stereocenters. The highest BCUT2D eigenvalue weighted by Gasteiger charge is 2.55. The van der Waals surface area contributed by atoms with Crippen LogP contribution in [0.5, 0.6) is 0 Å². The largest absolute Gasteiger partial charge is 0.394 e. The van der Waals surface area contributed by atoms with Crippen LogP contribution in [0.4, 0.5) is 11.8 Å². The van der Waals surface area contributed by atoms with Crippen LogP contribution in [-0.2, 0) is 18.6 Å². The molecule has 10 N–H and O–H groups in total. The smallest absolute Gasteiger partial charge is 0.338 e. The Kier molecular flexibility index (Phi) is 7.46. The molecule has 0 saturated carbocycles. The summed E-state index contributed by atoms with van der Waals surface area (Å²) in [6.45, 7) is -1.07. The molecule has 6 heterocycles. The minimum atomic E-state index is -4.71. The lowest BCUT2D eigenvalue weighted by Crippen LogP contribution is -2.34. The molecule has 0 bridgehead atoms. The zero-order valence-electron chi connectivity index (χ0n) is 21.5. The highest BCUT2D eigenvalue weighted by molar-refractivity contribution is 7.71. The molecule has 6 rings (SSSR count). The molecule has 1 unspecified atom stereocenters. The fraction of sp³-hybridized carbons (Fsp3) is 0.524. The Balaban J connectivity index is 1.19. The first-order valence-corrected chi connectivity index (χ1v) is 14.7. The van der Waals surface area contributed by atoms with E-state index in [0.29, 0.717) is 0 Å². The molecule has 2 aliphatic rings. The van der Waals surface area contributed by atoms with Gasteiger partial charge in [-0.15, -0.1) is 0 Å². The normalized spacial score (nSPS) is 31.3. The molecule has 0 spiro atoms. The third-order valence-electron chi connectivity index (χ3n) is 7.31. The molecule has 0 amide bonds. The highest BCUT2D eigenvalue weighted by atomic mass is 32.1. The third kappa shape index (κ3) is 4.74. The van der Waals surface area contributed by atoms with Gasteiger partial charge in [-0.05, 0) is 0 Å². The third-order valence-corrected chi connectivity index (χ3v) is 9.46. The minimum absolute atomic E-state index is 0.0401. The van der Waals surface area contributed by atoms with Crippen molar-refractivity contribution in [3.63, 3.8) is 0 Å². The molecule has 0 radical (unpaired) electrons. The number of rotatable bonds is 8. The Morgan fingerprint density at radius 1 is 1.00 bits per heavy atom. The number of ether oxygens (including phenoxy) is 2. The lowest BCUT2D eigenvalue weighted by Gasteiger charge is -2.26. The average molecular weight is 627 g/mol. The second kappa shape index (κ2) is 10.8. The van der Waals surface area contributed by atoms with Gasteiger partial charge in [0.1, 0.15) is 53.1 Å². The second-order valence-corrected chi connectivity index (χ2v) is 12.2. The van der Waals surface area contributed by atoms with Crippen LogP contribution in [-0.4, -0.2) is 114 Å². The van der Waals surface area contributed by atoms with E-state index < -0.39 is 69.4 Å². The van der Waals surface area contributed by atoms with E-state index in [1.165, 1.54) is 28.1 Å². The predicted octanol–water partition coefficient (Wildman–Crippen LogP) is -1.68. The van der Waals surface area contributed by atoms with Crippen molar-refractivity contribution in [1.29, 1.82) is 0 Å². The molecule has 19 nitrogen and oxygen atoms in total. The minimum Gasteiger partial charge on any atom is -0.394 e. The van der Waals surface area contributed by atoms with Gasteiger partial charge in [-0.3, -0.25) is 13.7 Å². The number of anilines is 2. The van der Waals surface area contributed by atoms with Gasteiger partial charge in [-0.2, -0.15) is 0 Å². The van der Waals surface area contributed by atoms with E-state index in [1.54, 1.807) is 0 Å². The van der Waals surface area contributed by atoms with Crippen LogP contribution in [0.3, 0.4) is 0 Å². The summed E-state index contributed by atoms with van der Waals surface area (Å²) in [5, 5.41) is 41.9. The molecular weight excluding hydrogens is 599 g/mol. The summed E-state index contributed by atoms with van der Waals surface area (Å²) in [4.78, 5) is 34.0. The van der Waals surface area contributed by atoms with Gasteiger partial charge in [-0.25, -0.2) is 24.9 Å². The van der Waals surface area contributed by atoms with E-state index in [1.807, 2.05) is 0 Å². The lowest BCUT2D eigenvalue weighted by molar-refractivity contribution is -0.0435. The van der Waals surface area contributed by atoms with Gasteiger partial charge in [0.15, 0.2) is 34.5 Å². The van der Waals surface area contributed by atoms with Gasteiger partial charge in [0.2, 0.25) is 0 Å². The monoisotopic (exact) mass is 626 g/mol. The maximum atomic E-state index is 13.5. The number of hydrogen-bond acceptors (Lipinski definition) is 16. The summed E-state index contributed by atoms with van der Waals surface area (Å²) in [5.41, 5.74) is 11.0. The zero-order valence-corrected chi connectivity index (χ0v) is 23.2. The number of nitrogens with zero attached hydrogens (tertiary/aromatic N) is 7. The van der Waals surface area contributed by atoms with Crippen LogP contribution in [0, 0.1) is 4.64 Å². The van der Waals surface area contributed by atoms with Crippen LogP contribution in [0.15, 0.2) is 19.0 Å². The van der Waals surface area contributed by atoms with Crippen LogP contribution >= 0.6 is 19.8 Å². The van der Waals surface area contributed by atoms with Gasteiger partial charge in [0, 0.05) is 6.42 Å². The van der Waals surface area contributed by atoms with Crippen LogP contribution in [0.2, 0.25) is 0 Å². The van der Waals surface area contributed by atoms with Gasteiger partial charge < -0.3 is 55.8 Å². The van der Waals surface area contributed by atoms with Gasteiger partial charge in [0.05, 0.1) is 32.0 Å². The summed E-state index contributed by atoms with van der Waals surface area (Å²) in [6.07, 6.45) is -5.34. The first-order valence-electron chi connectivity index (χ1n) is 12.6. The number of nitrogen functional groups attached to an aromatic ring is 2. The molecule has 2 fully saturated rings. The number of aromatic amines is 1. The number of hydrogen-bond donors (Lipinski definition) is 8. The molecule has 4 aromatic rings. The van der Waals surface area contributed by atoms with Crippen LogP contribution in [0.1, 0.15) is 18.9 Å². The second-order valence-electron chi connectivity index (χ2n) is 9.82. The van der Waals surface area contributed by atoms with Crippen molar-refractivity contribution < 1.29 is 43.9 Å². The summed E-state index contributed by atoms with van der Waals surface area (Å²) >= 11 is 5.18. The number of aromatic nitrogens is 8. The first kappa shape index (κ1) is 28.9. The van der Waals surface area contributed by atoms with Crippen molar-refractivity contribution in [3.05, 3.63) is 23.6 Å². The molecule has 226 valence electrons. The molecule has 2 saturated heterocycles. The zero-order chi connectivity index (χ0) is 29.9. The van der Waals surface area contributed by atoms with E-state index in [2.05, 4.69) is 29.9 Å². The van der Waals surface area contributed by atoms with Crippen LogP contribution in [0.25, 0.3) is 22.3 Å². The summed E-state index contributed by atoms with van der Waals surface area (Å²) in [5.74, 6) is 0.0863. The van der Waals surface area contributed by atoms with Crippen molar-refractivity contribution in [2.45, 2.75) is 55.1 Å². The summed E-state index contributed by atoms with van der Waals surface area (Å²) in [6, 6.07) is 0. The van der Waals surface area contributed by atoms with E-state index in [0.717, 1.165) is 0 Å². The van der Waals surface area contributed by atoms with Gasteiger partial charge in [-0.1, -0.05) is 12.2 Å². The number of aliphatic hydroxyl groups excluding tert-OH is 4. The highest BCUT2D eigenvalue weighted by Crippen LogP contribution is 2.57. The quantitative estimate of drug-likeness (QED) is 0.0800. The Labute approximate surface area is 240 Å². The maximum Gasteiger partial charge on any atom is 0.338 e. The summed E-state index contributed by atoms with van der Waals surface area (Å²) < 4.78 is 33.3.